The summed E-state index contributed by atoms with van der Waals surface area (Å²) in [6, 6.07) is 8.09. The molecule has 0 fully saturated rings. The highest BCUT2D eigenvalue weighted by molar-refractivity contribution is 5.28. The first kappa shape index (κ1) is 19.9. The van der Waals surface area contributed by atoms with Crippen LogP contribution in [0.2, 0.25) is 0 Å². The lowest BCUT2D eigenvalue weighted by Crippen LogP contribution is -2.38. The van der Waals surface area contributed by atoms with Crippen molar-refractivity contribution >= 4 is 0 Å². The van der Waals surface area contributed by atoms with E-state index in [1.54, 1.807) is 7.11 Å². The minimum absolute atomic E-state index is 0.226. The Bertz CT molecular complexity index is 454. The van der Waals surface area contributed by atoms with Crippen molar-refractivity contribution in [3.8, 4) is 5.75 Å². The van der Waals surface area contributed by atoms with Crippen LogP contribution < -0.4 is 4.74 Å². The fourth-order valence-electron chi connectivity index (χ4n) is 2.45. The third-order valence-corrected chi connectivity index (χ3v) is 3.34. The average Bonchev–Trinajstić information content (AvgIpc) is 2.44. The normalized spacial score (nSPS) is 13.6. The molecule has 0 spiro atoms. The molecular formula is C19H33NO3. The van der Waals surface area contributed by atoms with Gasteiger partial charge in [0.2, 0.25) is 0 Å². The Kier molecular flexibility index (Phi) is 8.03. The summed E-state index contributed by atoms with van der Waals surface area (Å²) in [7, 11) is 1.68. The van der Waals surface area contributed by atoms with Gasteiger partial charge in [0.1, 0.15) is 5.75 Å². The molecule has 1 unspecified atom stereocenters. The van der Waals surface area contributed by atoms with E-state index in [1.165, 1.54) is 5.56 Å². The fraction of sp³-hybridized carbons (Fsp3) is 0.684. The molecular weight excluding hydrogens is 290 g/mol. The molecule has 0 aliphatic carbocycles. The smallest absolute Gasteiger partial charge is 0.119 e. The second kappa shape index (κ2) is 9.26. The zero-order valence-electron chi connectivity index (χ0n) is 15.5. The maximum atomic E-state index is 10.3. The quantitative estimate of drug-likeness (QED) is 0.757. The van der Waals surface area contributed by atoms with Gasteiger partial charge in [-0.05, 0) is 44.4 Å². The zero-order chi connectivity index (χ0) is 17.5. The molecule has 1 N–H and O–H groups in total. The van der Waals surface area contributed by atoms with Crippen LogP contribution in [-0.2, 0) is 11.3 Å². The lowest BCUT2D eigenvalue weighted by atomic mass is 10.1. The molecule has 0 aromatic heterocycles. The first-order chi connectivity index (χ1) is 10.7. The van der Waals surface area contributed by atoms with Gasteiger partial charge in [0, 0.05) is 19.6 Å². The van der Waals surface area contributed by atoms with Crippen molar-refractivity contribution in [3.05, 3.63) is 29.8 Å². The van der Waals surface area contributed by atoms with Crippen LogP contribution in [0.1, 0.15) is 40.2 Å². The fourth-order valence-corrected chi connectivity index (χ4v) is 2.45. The molecule has 0 heterocycles. The molecule has 1 aromatic rings. The molecule has 0 saturated carbocycles. The Labute approximate surface area is 141 Å². The largest absolute Gasteiger partial charge is 0.497 e. The van der Waals surface area contributed by atoms with E-state index in [0.29, 0.717) is 19.1 Å². The molecule has 132 valence electrons. The summed E-state index contributed by atoms with van der Waals surface area (Å²) in [6.07, 6.45) is -0.487. The maximum Gasteiger partial charge on any atom is 0.119 e. The van der Waals surface area contributed by atoms with Gasteiger partial charge in [-0.3, -0.25) is 4.90 Å². The minimum atomic E-state index is -0.487. The number of rotatable bonds is 9. The molecule has 4 heteroatoms. The molecule has 4 nitrogen and oxygen atoms in total. The van der Waals surface area contributed by atoms with E-state index in [1.807, 2.05) is 39.0 Å². The van der Waals surface area contributed by atoms with Gasteiger partial charge in [0.15, 0.2) is 0 Å². The first-order valence-corrected chi connectivity index (χ1v) is 8.37. The third kappa shape index (κ3) is 8.94. The van der Waals surface area contributed by atoms with Gasteiger partial charge in [0.05, 0.1) is 25.4 Å². The topological polar surface area (TPSA) is 41.9 Å². The van der Waals surface area contributed by atoms with Gasteiger partial charge in [-0.15, -0.1) is 0 Å². The predicted molar refractivity (Wildman–Crippen MR) is 94.8 cm³/mol. The van der Waals surface area contributed by atoms with Crippen molar-refractivity contribution in [3.63, 3.8) is 0 Å². The van der Waals surface area contributed by atoms with Gasteiger partial charge < -0.3 is 14.6 Å². The van der Waals surface area contributed by atoms with E-state index in [2.05, 4.69) is 24.8 Å². The summed E-state index contributed by atoms with van der Waals surface area (Å²) in [5, 5.41) is 10.3. The van der Waals surface area contributed by atoms with E-state index in [9.17, 15) is 5.11 Å². The molecule has 0 bridgehead atoms. The van der Waals surface area contributed by atoms with Crippen LogP contribution in [0.4, 0.5) is 0 Å². The summed E-state index contributed by atoms with van der Waals surface area (Å²) >= 11 is 0. The molecule has 23 heavy (non-hydrogen) atoms. The van der Waals surface area contributed by atoms with Crippen molar-refractivity contribution in [2.24, 2.45) is 5.92 Å². The van der Waals surface area contributed by atoms with Crippen molar-refractivity contribution < 1.29 is 14.6 Å². The first-order valence-electron chi connectivity index (χ1n) is 8.37. The molecule has 0 amide bonds. The highest BCUT2D eigenvalue weighted by Gasteiger charge is 2.17. The number of methoxy groups -OCH3 is 1. The predicted octanol–water partition coefficient (Wildman–Crippen LogP) is 3.33. The van der Waals surface area contributed by atoms with Crippen LogP contribution in [0.5, 0.6) is 5.75 Å². The Morgan fingerprint density at radius 1 is 1.17 bits per heavy atom. The van der Waals surface area contributed by atoms with Crippen LogP contribution in [0, 0.1) is 5.92 Å². The lowest BCUT2D eigenvalue weighted by molar-refractivity contribution is -0.0573. The summed E-state index contributed by atoms with van der Waals surface area (Å²) < 4.78 is 11.0. The Hall–Kier alpha value is -1.10. The number of aliphatic hydroxyl groups excluding tert-OH is 1. The maximum absolute atomic E-state index is 10.3. The molecule has 1 atom stereocenters. The summed E-state index contributed by atoms with van der Waals surface area (Å²) in [5.41, 5.74) is 0.963. The Balaban J connectivity index is 2.64. The van der Waals surface area contributed by atoms with Gasteiger partial charge in [0.25, 0.3) is 0 Å². The van der Waals surface area contributed by atoms with Gasteiger partial charge in [-0.2, -0.15) is 0 Å². The molecule has 1 aromatic carbocycles. The number of ether oxygens (including phenoxy) is 2. The van der Waals surface area contributed by atoms with Crippen LogP contribution >= 0.6 is 0 Å². The molecule has 0 aliphatic heterocycles. The van der Waals surface area contributed by atoms with Gasteiger partial charge >= 0.3 is 0 Å². The Morgan fingerprint density at radius 2 is 1.87 bits per heavy atom. The summed E-state index contributed by atoms with van der Waals surface area (Å²) in [6.45, 7) is 13.1. The van der Waals surface area contributed by atoms with Crippen molar-refractivity contribution in [2.45, 2.75) is 52.9 Å². The van der Waals surface area contributed by atoms with Crippen LogP contribution in [0.25, 0.3) is 0 Å². The number of aliphatic hydroxyl groups is 1. The zero-order valence-corrected chi connectivity index (χ0v) is 15.5. The van der Waals surface area contributed by atoms with E-state index in [-0.39, 0.29) is 5.60 Å². The van der Waals surface area contributed by atoms with Crippen molar-refractivity contribution in [2.75, 3.05) is 26.8 Å². The Morgan fingerprint density at radius 3 is 2.43 bits per heavy atom. The molecule has 1 rings (SSSR count). The summed E-state index contributed by atoms with van der Waals surface area (Å²) in [5.74, 6) is 1.40. The van der Waals surface area contributed by atoms with E-state index in [4.69, 9.17) is 9.47 Å². The van der Waals surface area contributed by atoms with E-state index in [0.717, 1.165) is 18.8 Å². The average molecular weight is 323 g/mol. The van der Waals surface area contributed by atoms with Crippen LogP contribution in [0.3, 0.4) is 0 Å². The standard InChI is InChI=1S/C19H33NO3/c1-15(2)11-20(13-17(21)14-23-19(3,4)5)12-16-8-7-9-18(10-16)22-6/h7-10,15,17,21H,11-14H2,1-6H3. The SMILES string of the molecule is COc1cccc(CN(CC(C)C)CC(O)COC(C)(C)C)c1. The van der Waals surface area contributed by atoms with Crippen molar-refractivity contribution in [1.29, 1.82) is 0 Å². The van der Waals surface area contributed by atoms with Gasteiger partial charge in [-0.1, -0.05) is 26.0 Å². The van der Waals surface area contributed by atoms with Crippen LogP contribution in [0.15, 0.2) is 24.3 Å². The number of hydrogen-bond acceptors (Lipinski definition) is 4. The highest BCUT2D eigenvalue weighted by atomic mass is 16.5. The second-order valence-corrected chi connectivity index (χ2v) is 7.52. The van der Waals surface area contributed by atoms with Crippen molar-refractivity contribution in [1.82, 2.24) is 4.90 Å². The molecule has 0 saturated heterocycles. The van der Waals surface area contributed by atoms with E-state index >= 15 is 0 Å². The van der Waals surface area contributed by atoms with Crippen LogP contribution in [-0.4, -0.2) is 48.5 Å². The third-order valence-electron chi connectivity index (χ3n) is 3.34. The summed E-state index contributed by atoms with van der Waals surface area (Å²) in [4.78, 5) is 2.27. The highest BCUT2D eigenvalue weighted by Crippen LogP contribution is 2.16. The lowest BCUT2D eigenvalue weighted by Gasteiger charge is -2.28. The number of benzene rings is 1. The minimum Gasteiger partial charge on any atom is -0.497 e. The second-order valence-electron chi connectivity index (χ2n) is 7.52. The number of nitrogens with zero attached hydrogens (tertiary/aromatic N) is 1. The number of hydrogen-bond donors (Lipinski definition) is 1. The monoisotopic (exact) mass is 323 g/mol. The van der Waals surface area contributed by atoms with E-state index < -0.39 is 6.10 Å². The van der Waals surface area contributed by atoms with Gasteiger partial charge in [-0.25, -0.2) is 0 Å². The molecule has 0 radical (unpaired) electrons. The molecule has 0 aliphatic rings.